The lowest BCUT2D eigenvalue weighted by Crippen LogP contribution is -2.37. The van der Waals surface area contributed by atoms with E-state index in [0.29, 0.717) is 13.1 Å². The number of carbonyl (C=O) groups excluding carboxylic acids is 1. The summed E-state index contributed by atoms with van der Waals surface area (Å²) in [5.41, 5.74) is 2.23. The lowest BCUT2D eigenvalue weighted by molar-refractivity contribution is 0.174. The van der Waals surface area contributed by atoms with E-state index in [-0.39, 0.29) is 12.8 Å². The van der Waals surface area contributed by atoms with E-state index in [1.165, 1.54) is 4.90 Å². The predicted molar refractivity (Wildman–Crippen MR) is 99.4 cm³/mol. The summed E-state index contributed by atoms with van der Waals surface area (Å²) in [6, 6.07) is 14.1. The van der Waals surface area contributed by atoms with Crippen LogP contribution >= 0.6 is 11.8 Å². The minimum atomic E-state index is -0.0744. The highest BCUT2D eigenvalue weighted by atomic mass is 32.2. The first-order valence-electron chi connectivity index (χ1n) is 8.16. The van der Waals surface area contributed by atoms with Crippen molar-refractivity contribution in [3.05, 3.63) is 53.6 Å². The molecule has 0 aliphatic carbocycles. The summed E-state index contributed by atoms with van der Waals surface area (Å²) in [7, 11) is 1.80. The molecule has 1 heterocycles. The van der Waals surface area contributed by atoms with Gasteiger partial charge in [-0.1, -0.05) is 18.2 Å². The number of fused-ring (bicyclic) bond motifs is 1. The van der Waals surface area contributed by atoms with E-state index < -0.39 is 0 Å². The molecule has 0 aromatic heterocycles. The number of urea groups is 1. The average molecular weight is 358 g/mol. The van der Waals surface area contributed by atoms with E-state index in [0.717, 1.165) is 29.0 Å². The number of amides is 2. The van der Waals surface area contributed by atoms with Crippen LogP contribution in [0, 0.1) is 0 Å². The van der Waals surface area contributed by atoms with Crippen molar-refractivity contribution in [2.45, 2.75) is 17.9 Å². The third-order valence-corrected chi connectivity index (χ3v) is 4.80. The summed E-state index contributed by atoms with van der Waals surface area (Å²) in [4.78, 5) is 15.1. The fourth-order valence-corrected chi connectivity index (χ4v) is 3.03. The Hall–Kier alpha value is -2.34. The van der Waals surface area contributed by atoms with Crippen LogP contribution in [0.5, 0.6) is 11.5 Å². The first kappa shape index (κ1) is 17.5. The summed E-state index contributed by atoms with van der Waals surface area (Å²) in [6.07, 6.45) is 2.80. The van der Waals surface area contributed by atoms with Gasteiger partial charge in [-0.2, -0.15) is 0 Å². The SMILES string of the molecule is CSc1ccc(CN(C)C(=O)NCCc2ccc3c(c2)OCO3)cc1. The molecular formula is C19H22N2O3S. The number of thioether (sulfide) groups is 1. The maximum Gasteiger partial charge on any atom is 0.317 e. The number of rotatable bonds is 6. The van der Waals surface area contributed by atoms with E-state index in [4.69, 9.17) is 9.47 Å². The fourth-order valence-electron chi connectivity index (χ4n) is 2.62. The topological polar surface area (TPSA) is 50.8 Å². The Morgan fingerprint density at radius 1 is 1.12 bits per heavy atom. The Balaban J connectivity index is 1.45. The van der Waals surface area contributed by atoms with Crippen LogP contribution < -0.4 is 14.8 Å². The van der Waals surface area contributed by atoms with Gasteiger partial charge in [0, 0.05) is 25.0 Å². The fraction of sp³-hybridized carbons (Fsp3) is 0.316. The first-order valence-corrected chi connectivity index (χ1v) is 9.38. The largest absolute Gasteiger partial charge is 0.454 e. The first-order chi connectivity index (χ1) is 12.2. The number of carbonyl (C=O) groups is 1. The van der Waals surface area contributed by atoms with Crippen LogP contribution in [0.3, 0.4) is 0 Å². The Kier molecular flexibility index (Phi) is 5.71. The molecule has 5 nitrogen and oxygen atoms in total. The monoisotopic (exact) mass is 358 g/mol. The van der Waals surface area contributed by atoms with Crippen LogP contribution in [0.2, 0.25) is 0 Å². The number of nitrogens with one attached hydrogen (secondary N) is 1. The van der Waals surface area contributed by atoms with E-state index >= 15 is 0 Å². The van der Waals surface area contributed by atoms with Crippen molar-refractivity contribution < 1.29 is 14.3 Å². The highest BCUT2D eigenvalue weighted by Crippen LogP contribution is 2.32. The summed E-state index contributed by atoms with van der Waals surface area (Å²) in [5, 5.41) is 2.95. The molecule has 1 aliphatic rings. The molecule has 0 saturated heterocycles. The van der Waals surface area contributed by atoms with Crippen LogP contribution in [-0.4, -0.2) is 37.6 Å². The highest BCUT2D eigenvalue weighted by Gasteiger charge is 2.13. The van der Waals surface area contributed by atoms with Gasteiger partial charge in [0.2, 0.25) is 6.79 Å². The third kappa shape index (κ3) is 4.60. The predicted octanol–water partition coefficient (Wildman–Crippen LogP) is 3.52. The Labute approximate surface area is 152 Å². The third-order valence-electron chi connectivity index (χ3n) is 4.05. The normalized spacial score (nSPS) is 12.1. The van der Waals surface area contributed by atoms with Gasteiger partial charge in [0.15, 0.2) is 11.5 Å². The lowest BCUT2D eigenvalue weighted by Gasteiger charge is -2.18. The second-order valence-corrected chi connectivity index (χ2v) is 6.75. The molecule has 2 aromatic rings. The molecule has 0 saturated carbocycles. The van der Waals surface area contributed by atoms with Crippen molar-refractivity contribution in [3.63, 3.8) is 0 Å². The van der Waals surface area contributed by atoms with E-state index in [1.54, 1.807) is 23.7 Å². The number of nitrogens with zero attached hydrogens (tertiary/aromatic N) is 1. The number of hydrogen-bond donors (Lipinski definition) is 1. The van der Waals surface area contributed by atoms with Gasteiger partial charge in [-0.3, -0.25) is 0 Å². The standard InChI is InChI=1S/C19H22N2O3S/c1-21(12-15-3-6-16(25-2)7-4-15)19(22)20-10-9-14-5-8-17-18(11-14)24-13-23-17/h3-8,11H,9-10,12-13H2,1-2H3,(H,20,22). The molecular weight excluding hydrogens is 336 g/mol. The number of hydrogen-bond acceptors (Lipinski definition) is 4. The Bertz CT molecular complexity index is 734. The van der Waals surface area contributed by atoms with Gasteiger partial charge in [-0.05, 0) is 48.1 Å². The minimum Gasteiger partial charge on any atom is -0.454 e. The smallest absolute Gasteiger partial charge is 0.317 e. The van der Waals surface area contributed by atoms with E-state index in [9.17, 15) is 4.79 Å². The van der Waals surface area contributed by atoms with Crippen LogP contribution in [-0.2, 0) is 13.0 Å². The van der Waals surface area contributed by atoms with Crippen molar-refractivity contribution in [1.29, 1.82) is 0 Å². The van der Waals surface area contributed by atoms with Crippen molar-refractivity contribution in [2.75, 3.05) is 26.6 Å². The molecule has 0 bridgehead atoms. The van der Waals surface area contributed by atoms with Crippen LogP contribution in [0.4, 0.5) is 4.79 Å². The zero-order valence-corrected chi connectivity index (χ0v) is 15.3. The maximum atomic E-state index is 12.2. The van der Waals surface area contributed by atoms with Crippen molar-refractivity contribution in [1.82, 2.24) is 10.2 Å². The lowest BCUT2D eigenvalue weighted by atomic mass is 10.1. The molecule has 25 heavy (non-hydrogen) atoms. The number of ether oxygens (including phenoxy) is 2. The zero-order valence-electron chi connectivity index (χ0n) is 14.5. The van der Waals surface area contributed by atoms with E-state index in [1.807, 2.05) is 18.2 Å². The second-order valence-electron chi connectivity index (χ2n) is 5.87. The van der Waals surface area contributed by atoms with Gasteiger partial charge in [0.25, 0.3) is 0 Å². The van der Waals surface area contributed by atoms with Gasteiger partial charge in [-0.15, -0.1) is 11.8 Å². The summed E-state index contributed by atoms with van der Waals surface area (Å²) < 4.78 is 10.7. The Morgan fingerprint density at radius 3 is 2.60 bits per heavy atom. The molecule has 0 fully saturated rings. The molecule has 1 aliphatic heterocycles. The van der Waals surface area contributed by atoms with Gasteiger partial charge < -0.3 is 19.7 Å². The highest BCUT2D eigenvalue weighted by molar-refractivity contribution is 7.98. The molecule has 6 heteroatoms. The minimum absolute atomic E-state index is 0.0744. The summed E-state index contributed by atoms with van der Waals surface area (Å²) in [6.45, 7) is 1.44. The van der Waals surface area contributed by atoms with Crippen LogP contribution in [0.15, 0.2) is 47.4 Å². The van der Waals surface area contributed by atoms with Gasteiger partial charge >= 0.3 is 6.03 Å². The zero-order chi connectivity index (χ0) is 17.6. The van der Waals surface area contributed by atoms with Gasteiger partial charge in [0.1, 0.15) is 0 Å². The quantitative estimate of drug-likeness (QED) is 0.803. The summed E-state index contributed by atoms with van der Waals surface area (Å²) >= 11 is 1.71. The second kappa shape index (κ2) is 8.16. The molecule has 1 N–H and O–H groups in total. The Morgan fingerprint density at radius 2 is 1.84 bits per heavy atom. The molecule has 2 aromatic carbocycles. The maximum absolute atomic E-state index is 12.2. The molecule has 0 atom stereocenters. The molecule has 132 valence electrons. The summed E-state index contributed by atoms with van der Waals surface area (Å²) in [5.74, 6) is 1.55. The van der Waals surface area contributed by atoms with E-state index in [2.05, 4.69) is 35.8 Å². The molecule has 0 spiro atoms. The van der Waals surface area contributed by atoms with Crippen molar-refractivity contribution in [3.8, 4) is 11.5 Å². The molecule has 0 radical (unpaired) electrons. The molecule has 0 unspecified atom stereocenters. The molecule has 3 rings (SSSR count). The van der Waals surface area contributed by atoms with Crippen LogP contribution in [0.25, 0.3) is 0 Å². The average Bonchev–Trinajstić information content (AvgIpc) is 3.10. The van der Waals surface area contributed by atoms with Crippen LogP contribution in [0.1, 0.15) is 11.1 Å². The molecule has 2 amide bonds. The van der Waals surface area contributed by atoms with Gasteiger partial charge in [-0.25, -0.2) is 4.79 Å². The van der Waals surface area contributed by atoms with Crippen molar-refractivity contribution in [2.24, 2.45) is 0 Å². The van der Waals surface area contributed by atoms with Crippen molar-refractivity contribution >= 4 is 17.8 Å². The van der Waals surface area contributed by atoms with Gasteiger partial charge in [0.05, 0.1) is 0 Å². The number of benzene rings is 2.